The first kappa shape index (κ1) is 17.4. The number of hydrogen-bond acceptors (Lipinski definition) is 6. The van der Waals surface area contributed by atoms with Gasteiger partial charge in [-0.05, 0) is 17.4 Å². The van der Waals surface area contributed by atoms with E-state index >= 15 is 0 Å². The first-order valence-corrected chi connectivity index (χ1v) is 8.99. The highest BCUT2D eigenvalue weighted by atomic mass is 16.5. The maximum atomic E-state index is 5.30. The molecule has 1 fully saturated rings. The molecule has 0 amide bonds. The van der Waals surface area contributed by atoms with Gasteiger partial charge in [0.05, 0.1) is 38.0 Å². The zero-order chi connectivity index (χ0) is 18.8. The quantitative estimate of drug-likeness (QED) is 0.691. The second kappa shape index (κ2) is 7.31. The second-order valence-corrected chi connectivity index (χ2v) is 6.82. The summed E-state index contributed by atoms with van der Waals surface area (Å²) < 4.78 is 10.6. The van der Waals surface area contributed by atoms with Crippen molar-refractivity contribution >= 4 is 0 Å². The van der Waals surface area contributed by atoms with Crippen LogP contribution >= 0.6 is 0 Å². The summed E-state index contributed by atoms with van der Waals surface area (Å²) in [5.41, 5.74) is 3.13. The number of nitrogens with zero attached hydrogens (tertiary/aromatic N) is 4. The van der Waals surface area contributed by atoms with Gasteiger partial charge in [-0.3, -0.25) is 9.97 Å². The molecule has 27 heavy (non-hydrogen) atoms. The molecular weight excluding hydrogens is 340 g/mol. The van der Waals surface area contributed by atoms with E-state index < -0.39 is 0 Å². The molecule has 0 saturated heterocycles. The smallest absolute Gasteiger partial charge is 0.232 e. The van der Waals surface area contributed by atoms with Crippen molar-refractivity contribution in [1.29, 1.82) is 0 Å². The first-order chi connectivity index (χ1) is 13.2. The Balaban J connectivity index is 1.78. The van der Waals surface area contributed by atoms with Gasteiger partial charge in [-0.2, -0.15) is 0 Å². The normalized spacial score (nSPS) is 24.1. The number of hydrogen-bond donors (Lipinski definition) is 0. The number of benzene rings is 1. The van der Waals surface area contributed by atoms with E-state index in [2.05, 4.69) is 51.1 Å². The van der Waals surface area contributed by atoms with Gasteiger partial charge in [-0.15, -0.1) is 0 Å². The minimum absolute atomic E-state index is 0.145. The third kappa shape index (κ3) is 3.12. The lowest BCUT2D eigenvalue weighted by Crippen LogP contribution is -2.41. The van der Waals surface area contributed by atoms with Crippen LogP contribution in [0.5, 0.6) is 11.8 Å². The van der Waals surface area contributed by atoms with E-state index in [1.165, 1.54) is 5.56 Å². The van der Waals surface area contributed by atoms with Gasteiger partial charge in [-0.25, -0.2) is 9.97 Å². The minimum Gasteiger partial charge on any atom is -0.480 e. The molecule has 4 rings (SSSR count). The monoisotopic (exact) mass is 362 g/mol. The summed E-state index contributed by atoms with van der Waals surface area (Å²) in [5.74, 6) is 2.08. The summed E-state index contributed by atoms with van der Waals surface area (Å²) in [6.07, 6.45) is 6.91. The predicted octanol–water partition coefficient (Wildman–Crippen LogP) is 3.58. The first-order valence-electron chi connectivity index (χ1n) is 8.99. The third-order valence-corrected chi connectivity index (χ3v) is 5.45. The van der Waals surface area contributed by atoms with Crippen molar-refractivity contribution in [3.8, 4) is 11.8 Å². The molecular formula is C21H22N4O2. The van der Waals surface area contributed by atoms with E-state index in [1.54, 1.807) is 26.6 Å². The van der Waals surface area contributed by atoms with Gasteiger partial charge >= 0.3 is 0 Å². The van der Waals surface area contributed by atoms with Crippen LogP contribution < -0.4 is 9.47 Å². The summed E-state index contributed by atoms with van der Waals surface area (Å²) in [5, 5.41) is 0. The van der Waals surface area contributed by atoms with Crippen LogP contribution in [-0.4, -0.2) is 34.2 Å². The van der Waals surface area contributed by atoms with Crippen LogP contribution in [0.1, 0.15) is 41.6 Å². The van der Waals surface area contributed by atoms with E-state index in [9.17, 15) is 0 Å². The Morgan fingerprint density at radius 1 is 0.704 bits per heavy atom. The Hall–Kier alpha value is -3.02. The molecule has 6 heteroatoms. The van der Waals surface area contributed by atoms with Gasteiger partial charge in [0.15, 0.2) is 0 Å². The second-order valence-electron chi connectivity index (χ2n) is 6.82. The van der Waals surface area contributed by atoms with E-state index in [1.807, 2.05) is 18.5 Å². The lowest BCUT2D eigenvalue weighted by atomic mass is 9.53. The van der Waals surface area contributed by atoms with Crippen LogP contribution in [0.2, 0.25) is 0 Å². The SMILES string of the molecule is COc1cncc(C2C(C)C(c3ccccc3)C2c2cncc(OC)n2)n1. The third-order valence-electron chi connectivity index (χ3n) is 5.45. The molecule has 4 atom stereocenters. The summed E-state index contributed by atoms with van der Waals surface area (Å²) >= 11 is 0. The molecule has 2 heterocycles. The van der Waals surface area contributed by atoms with Crippen LogP contribution in [0.3, 0.4) is 0 Å². The highest BCUT2D eigenvalue weighted by Crippen LogP contribution is 2.61. The molecule has 0 radical (unpaired) electrons. The Kier molecular flexibility index (Phi) is 4.71. The van der Waals surface area contributed by atoms with Crippen LogP contribution in [0, 0.1) is 5.92 Å². The zero-order valence-corrected chi connectivity index (χ0v) is 15.6. The van der Waals surface area contributed by atoms with Crippen LogP contribution in [0.25, 0.3) is 0 Å². The minimum atomic E-state index is 0.145. The van der Waals surface area contributed by atoms with Crippen LogP contribution in [0.4, 0.5) is 0 Å². The van der Waals surface area contributed by atoms with Gasteiger partial charge in [0.1, 0.15) is 0 Å². The average Bonchev–Trinajstić information content (AvgIpc) is 2.73. The number of rotatable bonds is 5. The van der Waals surface area contributed by atoms with Gasteiger partial charge in [-0.1, -0.05) is 37.3 Å². The Morgan fingerprint density at radius 3 is 1.81 bits per heavy atom. The molecule has 0 spiro atoms. The van der Waals surface area contributed by atoms with Crippen molar-refractivity contribution in [2.24, 2.45) is 5.92 Å². The highest BCUT2D eigenvalue weighted by molar-refractivity contribution is 5.37. The van der Waals surface area contributed by atoms with Crippen LogP contribution in [0.15, 0.2) is 55.1 Å². The summed E-state index contributed by atoms with van der Waals surface area (Å²) in [4.78, 5) is 18.0. The summed E-state index contributed by atoms with van der Waals surface area (Å²) in [6, 6.07) is 10.5. The molecule has 6 nitrogen and oxygen atoms in total. The summed E-state index contributed by atoms with van der Waals surface area (Å²) in [6.45, 7) is 2.26. The molecule has 4 unspecified atom stereocenters. The Labute approximate surface area is 158 Å². The van der Waals surface area contributed by atoms with Crippen molar-refractivity contribution < 1.29 is 9.47 Å². The molecule has 2 aromatic heterocycles. The lowest BCUT2D eigenvalue weighted by molar-refractivity contribution is 0.164. The van der Waals surface area contributed by atoms with E-state index in [4.69, 9.17) is 9.47 Å². The van der Waals surface area contributed by atoms with Crippen LogP contribution in [-0.2, 0) is 0 Å². The van der Waals surface area contributed by atoms with E-state index in [0.717, 1.165) is 11.4 Å². The molecule has 138 valence electrons. The standard InChI is InChI=1S/C21H22N4O2/c1-13-19(14-7-5-4-6-8-14)21(16-10-23-12-18(25-16)27-3)20(13)15-9-22-11-17(24-15)26-2/h4-13,19-21H,1-3H3. The van der Waals surface area contributed by atoms with Crippen molar-refractivity contribution in [1.82, 2.24) is 19.9 Å². The molecule has 3 aromatic rings. The van der Waals surface area contributed by atoms with Gasteiger partial charge < -0.3 is 9.47 Å². The fraction of sp³-hybridized carbons (Fsp3) is 0.333. The molecule has 1 aromatic carbocycles. The number of aromatic nitrogens is 4. The fourth-order valence-electron chi connectivity index (χ4n) is 4.21. The molecule has 1 saturated carbocycles. The Morgan fingerprint density at radius 2 is 1.26 bits per heavy atom. The summed E-state index contributed by atoms with van der Waals surface area (Å²) in [7, 11) is 3.21. The molecule has 1 aliphatic rings. The zero-order valence-electron chi connectivity index (χ0n) is 15.6. The lowest BCUT2D eigenvalue weighted by Gasteiger charge is -2.50. The Bertz CT molecular complexity index is 919. The largest absolute Gasteiger partial charge is 0.480 e. The fourth-order valence-corrected chi connectivity index (χ4v) is 4.21. The van der Waals surface area contributed by atoms with E-state index in [-0.39, 0.29) is 11.8 Å². The van der Waals surface area contributed by atoms with Crippen molar-refractivity contribution in [2.45, 2.75) is 24.7 Å². The van der Waals surface area contributed by atoms with E-state index in [0.29, 0.717) is 23.6 Å². The molecule has 1 aliphatic carbocycles. The average molecular weight is 362 g/mol. The van der Waals surface area contributed by atoms with Crippen molar-refractivity contribution in [2.75, 3.05) is 14.2 Å². The van der Waals surface area contributed by atoms with Crippen molar-refractivity contribution in [3.63, 3.8) is 0 Å². The maximum Gasteiger partial charge on any atom is 0.232 e. The van der Waals surface area contributed by atoms with Gasteiger partial charge in [0.25, 0.3) is 0 Å². The van der Waals surface area contributed by atoms with Gasteiger partial charge in [0.2, 0.25) is 11.8 Å². The van der Waals surface area contributed by atoms with Gasteiger partial charge in [0, 0.05) is 24.2 Å². The molecule has 0 bridgehead atoms. The molecule has 0 aliphatic heterocycles. The topological polar surface area (TPSA) is 70.0 Å². The van der Waals surface area contributed by atoms with Crippen molar-refractivity contribution in [3.05, 3.63) is 72.1 Å². The number of ether oxygens (including phenoxy) is 2. The predicted molar refractivity (Wildman–Crippen MR) is 101 cm³/mol. The maximum absolute atomic E-state index is 5.30. The number of methoxy groups -OCH3 is 2. The highest BCUT2D eigenvalue weighted by Gasteiger charge is 2.51. The molecule has 0 N–H and O–H groups in total.